The van der Waals surface area contributed by atoms with Crippen molar-refractivity contribution in [3.63, 3.8) is 0 Å². The summed E-state index contributed by atoms with van der Waals surface area (Å²) < 4.78 is 56.2. The Balaban J connectivity index is 2.37. The molecule has 1 atom stereocenters. The van der Waals surface area contributed by atoms with Gasteiger partial charge in [0.1, 0.15) is 11.6 Å². The fraction of sp³-hybridized carbons (Fsp3) is 0.167. The second kappa shape index (κ2) is 7.14. The standard InChI is InChI=1S/C12H10ClF3N3O5P/c1-5(24-25(21,22)23)19-10(9(16)11(13)18-19)12(20)17-8-3-2-6(14)4-7(8)15/h2-5H,1H3,(H,17,20)(H2,21,22,23). The zero-order valence-electron chi connectivity index (χ0n) is 12.3. The van der Waals surface area contributed by atoms with E-state index >= 15 is 0 Å². The summed E-state index contributed by atoms with van der Waals surface area (Å²) in [4.78, 5) is 29.8. The van der Waals surface area contributed by atoms with Gasteiger partial charge in [0, 0.05) is 6.07 Å². The van der Waals surface area contributed by atoms with E-state index in [0.717, 1.165) is 19.1 Å². The zero-order chi connectivity index (χ0) is 18.9. The van der Waals surface area contributed by atoms with Crippen LogP contribution < -0.4 is 5.32 Å². The molecule has 136 valence electrons. The van der Waals surface area contributed by atoms with E-state index in [1.807, 2.05) is 5.32 Å². The van der Waals surface area contributed by atoms with Crippen molar-refractivity contribution in [3.8, 4) is 0 Å². The van der Waals surface area contributed by atoms with Crippen molar-refractivity contribution in [2.75, 3.05) is 5.32 Å². The summed E-state index contributed by atoms with van der Waals surface area (Å²) in [5, 5.41) is 4.62. The average Bonchev–Trinajstić information content (AvgIpc) is 2.76. The van der Waals surface area contributed by atoms with Crippen LogP contribution in [0, 0.1) is 17.5 Å². The lowest BCUT2D eigenvalue weighted by atomic mass is 10.2. The molecule has 0 saturated heterocycles. The van der Waals surface area contributed by atoms with E-state index in [-0.39, 0.29) is 0 Å². The number of aromatic nitrogens is 2. The molecule has 0 aliphatic heterocycles. The number of phosphoric ester groups is 1. The Hall–Kier alpha value is -1.91. The minimum atomic E-state index is -4.98. The van der Waals surface area contributed by atoms with Gasteiger partial charge in [0.25, 0.3) is 5.91 Å². The molecule has 1 heterocycles. The van der Waals surface area contributed by atoms with Gasteiger partial charge in [-0.15, -0.1) is 0 Å². The minimum Gasteiger partial charge on any atom is -0.318 e. The molecule has 1 aromatic carbocycles. The van der Waals surface area contributed by atoms with Crippen molar-refractivity contribution in [2.24, 2.45) is 0 Å². The quantitative estimate of drug-likeness (QED) is 0.666. The van der Waals surface area contributed by atoms with Crippen LogP contribution in [0.4, 0.5) is 18.9 Å². The van der Waals surface area contributed by atoms with E-state index in [9.17, 15) is 22.5 Å². The molecule has 0 aliphatic rings. The van der Waals surface area contributed by atoms with Crippen molar-refractivity contribution in [3.05, 3.63) is 46.5 Å². The largest absolute Gasteiger partial charge is 0.471 e. The van der Waals surface area contributed by atoms with E-state index < -0.39 is 53.9 Å². The smallest absolute Gasteiger partial charge is 0.318 e. The second-order valence-corrected chi connectivity index (χ2v) is 6.22. The number of nitrogens with one attached hydrogen (secondary N) is 1. The molecule has 0 bridgehead atoms. The molecule has 0 radical (unpaired) electrons. The van der Waals surface area contributed by atoms with Gasteiger partial charge < -0.3 is 15.1 Å². The Kier molecular flexibility index (Phi) is 5.55. The van der Waals surface area contributed by atoms with Crippen LogP contribution in [0.15, 0.2) is 18.2 Å². The Morgan fingerprint density at radius 2 is 2.04 bits per heavy atom. The first-order valence-corrected chi connectivity index (χ1v) is 8.34. The van der Waals surface area contributed by atoms with Gasteiger partial charge >= 0.3 is 7.82 Å². The second-order valence-electron chi connectivity index (χ2n) is 4.67. The molecule has 0 saturated carbocycles. The van der Waals surface area contributed by atoms with Crippen LogP contribution in [0.2, 0.25) is 5.15 Å². The molecule has 0 spiro atoms. The average molecular weight is 400 g/mol. The Bertz CT molecular complexity index is 872. The Labute approximate surface area is 143 Å². The maximum Gasteiger partial charge on any atom is 0.471 e. The number of rotatable bonds is 5. The van der Waals surface area contributed by atoms with E-state index in [2.05, 4.69) is 9.62 Å². The molecule has 0 aliphatic carbocycles. The number of phosphoric acid groups is 1. The van der Waals surface area contributed by atoms with Crippen LogP contribution in [-0.4, -0.2) is 25.5 Å². The third kappa shape index (κ3) is 4.59. The summed E-state index contributed by atoms with van der Waals surface area (Å²) in [6, 6.07) is 2.26. The highest BCUT2D eigenvalue weighted by atomic mass is 35.5. The first-order valence-electron chi connectivity index (χ1n) is 6.43. The Morgan fingerprint density at radius 1 is 1.40 bits per heavy atom. The highest BCUT2D eigenvalue weighted by molar-refractivity contribution is 7.46. The van der Waals surface area contributed by atoms with Crippen molar-refractivity contribution in [1.82, 2.24) is 9.78 Å². The number of carbonyl (C=O) groups is 1. The topological polar surface area (TPSA) is 114 Å². The van der Waals surface area contributed by atoms with E-state index in [0.29, 0.717) is 10.7 Å². The number of amides is 1. The molecule has 0 fully saturated rings. The van der Waals surface area contributed by atoms with Crippen LogP contribution in [-0.2, 0) is 9.09 Å². The van der Waals surface area contributed by atoms with Crippen molar-refractivity contribution in [1.29, 1.82) is 0 Å². The van der Waals surface area contributed by atoms with Crippen LogP contribution >= 0.6 is 19.4 Å². The number of hydrogen-bond acceptors (Lipinski definition) is 4. The number of nitrogens with zero attached hydrogens (tertiary/aromatic N) is 2. The van der Waals surface area contributed by atoms with Crippen molar-refractivity contribution in [2.45, 2.75) is 13.2 Å². The summed E-state index contributed by atoms with van der Waals surface area (Å²) in [6.45, 7) is 1.07. The fourth-order valence-corrected chi connectivity index (χ4v) is 2.53. The van der Waals surface area contributed by atoms with Gasteiger partial charge in [-0.05, 0) is 19.1 Å². The highest BCUT2D eigenvalue weighted by Gasteiger charge is 2.30. The number of anilines is 1. The SMILES string of the molecule is CC(OP(=O)(O)O)n1nc(Cl)c(F)c1C(=O)Nc1ccc(F)cc1F. The number of carbonyl (C=O) groups excluding carboxylic acids is 1. The first kappa shape index (κ1) is 19.4. The van der Waals surface area contributed by atoms with E-state index in [4.69, 9.17) is 21.4 Å². The highest BCUT2D eigenvalue weighted by Crippen LogP contribution is 2.41. The van der Waals surface area contributed by atoms with Crippen LogP contribution in [0.1, 0.15) is 23.6 Å². The van der Waals surface area contributed by atoms with Crippen molar-refractivity contribution < 1.29 is 36.8 Å². The van der Waals surface area contributed by atoms with Gasteiger partial charge in [0.15, 0.2) is 22.9 Å². The lowest BCUT2D eigenvalue weighted by molar-refractivity contribution is 0.0798. The number of benzene rings is 1. The molecule has 25 heavy (non-hydrogen) atoms. The molecular formula is C12H10ClF3N3O5P. The third-order valence-corrected chi connectivity index (χ3v) is 3.66. The van der Waals surface area contributed by atoms with Gasteiger partial charge in [-0.3, -0.25) is 9.32 Å². The third-order valence-electron chi connectivity index (χ3n) is 2.84. The summed E-state index contributed by atoms with van der Waals surface area (Å²) in [5.74, 6) is -4.57. The number of hydrogen-bond donors (Lipinski definition) is 3. The summed E-state index contributed by atoms with van der Waals surface area (Å²) in [6.07, 6.45) is -1.58. The molecule has 13 heteroatoms. The molecule has 1 unspecified atom stereocenters. The molecule has 8 nitrogen and oxygen atoms in total. The fourth-order valence-electron chi connectivity index (χ4n) is 1.87. The van der Waals surface area contributed by atoms with E-state index in [1.54, 1.807) is 0 Å². The lowest BCUT2D eigenvalue weighted by Crippen LogP contribution is -2.22. The monoisotopic (exact) mass is 399 g/mol. The summed E-state index contributed by atoms with van der Waals surface area (Å²) in [5.41, 5.74) is -1.33. The predicted molar refractivity (Wildman–Crippen MR) is 79.3 cm³/mol. The van der Waals surface area contributed by atoms with Crippen molar-refractivity contribution >= 4 is 31.0 Å². The normalized spacial score (nSPS) is 12.9. The van der Waals surface area contributed by atoms with E-state index in [1.165, 1.54) is 0 Å². The molecule has 1 amide bonds. The maximum absolute atomic E-state index is 14.1. The van der Waals surface area contributed by atoms with Gasteiger partial charge in [-0.2, -0.15) is 5.10 Å². The van der Waals surface area contributed by atoms with Gasteiger partial charge in [-0.1, -0.05) is 11.6 Å². The summed E-state index contributed by atoms with van der Waals surface area (Å²) >= 11 is 5.49. The molecule has 2 rings (SSSR count). The van der Waals surface area contributed by atoms with Gasteiger partial charge in [0.2, 0.25) is 0 Å². The Morgan fingerprint density at radius 3 is 2.60 bits per heavy atom. The maximum atomic E-state index is 14.1. The molecular weight excluding hydrogens is 390 g/mol. The first-order chi connectivity index (χ1) is 11.5. The minimum absolute atomic E-state index is 0.460. The molecule has 3 N–H and O–H groups in total. The van der Waals surface area contributed by atoms with Crippen LogP contribution in [0.25, 0.3) is 0 Å². The zero-order valence-corrected chi connectivity index (χ0v) is 13.9. The lowest BCUT2D eigenvalue weighted by Gasteiger charge is -2.16. The van der Waals surface area contributed by atoms with Crippen LogP contribution in [0.3, 0.4) is 0 Å². The molecule has 2 aromatic rings. The van der Waals surface area contributed by atoms with Crippen LogP contribution in [0.5, 0.6) is 0 Å². The number of halogens is 4. The predicted octanol–water partition coefficient (Wildman–Crippen LogP) is 2.83. The molecule has 1 aromatic heterocycles. The van der Waals surface area contributed by atoms with Gasteiger partial charge in [-0.25, -0.2) is 22.4 Å². The summed E-state index contributed by atoms with van der Waals surface area (Å²) in [7, 11) is -4.98. The van der Waals surface area contributed by atoms with Gasteiger partial charge in [0.05, 0.1) is 5.69 Å².